The van der Waals surface area contributed by atoms with Gasteiger partial charge in [0.1, 0.15) is 5.82 Å². The van der Waals surface area contributed by atoms with Gasteiger partial charge in [0.2, 0.25) is 5.91 Å². The molecule has 2 atom stereocenters. The zero-order valence-electron chi connectivity index (χ0n) is 17.7. The largest absolute Gasteiger partial charge is 0.350 e. The van der Waals surface area contributed by atoms with Crippen LogP contribution in [0.15, 0.2) is 79.0 Å². The predicted molar refractivity (Wildman–Crippen MR) is 122 cm³/mol. The van der Waals surface area contributed by atoms with E-state index in [1.165, 1.54) is 12.1 Å². The molecule has 0 fully saturated rings. The number of para-hydroxylation sites is 2. The smallest absolute Gasteiger partial charge is 0.254 e. The van der Waals surface area contributed by atoms with Crippen LogP contribution in [0.25, 0.3) is 10.9 Å². The molecule has 2 heterocycles. The first-order valence-corrected chi connectivity index (χ1v) is 10.4. The molecule has 160 valence electrons. The van der Waals surface area contributed by atoms with Crippen molar-refractivity contribution in [3.8, 4) is 0 Å². The lowest BCUT2D eigenvalue weighted by Gasteiger charge is -2.39. The number of anilines is 1. The molecule has 1 aliphatic heterocycles. The molecular formula is C26H22FN3O2. The van der Waals surface area contributed by atoms with Gasteiger partial charge in [0.05, 0.1) is 17.6 Å². The molecule has 0 saturated carbocycles. The van der Waals surface area contributed by atoms with Gasteiger partial charge in [0.25, 0.3) is 5.91 Å². The molecule has 1 aromatic heterocycles. The van der Waals surface area contributed by atoms with Crippen molar-refractivity contribution in [3.63, 3.8) is 0 Å². The minimum Gasteiger partial charge on any atom is -0.350 e. The maximum atomic E-state index is 14.3. The lowest BCUT2D eigenvalue weighted by Crippen LogP contribution is -2.44. The lowest BCUT2D eigenvalue weighted by molar-refractivity contribution is -0.119. The number of hydrogen-bond donors (Lipinski definition) is 1. The van der Waals surface area contributed by atoms with Gasteiger partial charge in [-0.15, -0.1) is 0 Å². The first-order chi connectivity index (χ1) is 15.5. The quantitative estimate of drug-likeness (QED) is 0.507. The molecule has 1 N–H and O–H groups in total. The Morgan fingerprint density at radius 1 is 0.906 bits per heavy atom. The second kappa shape index (κ2) is 7.64. The number of nitrogens with one attached hydrogen (secondary N) is 1. The Kier molecular flexibility index (Phi) is 4.78. The summed E-state index contributed by atoms with van der Waals surface area (Å²) in [6.07, 6.45) is 1.97. The van der Waals surface area contributed by atoms with Gasteiger partial charge in [-0.2, -0.15) is 0 Å². The van der Waals surface area contributed by atoms with E-state index in [2.05, 4.69) is 5.32 Å². The number of aromatic nitrogens is 1. The molecule has 0 unspecified atom stereocenters. The number of hydrogen-bond acceptors (Lipinski definition) is 2. The second-order valence-corrected chi connectivity index (χ2v) is 8.11. The zero-order chi connectivity index (χ0) is 22.4. The highest BCUT2D eigenvalue weighted by atomic mass is 19.1. The molecule has 1 aliphatic rings. The van der Waals surface area contributed by atoms with Gasteiger partial charge in [-0.1, -0.05) is 48.5 Å². The average molecular weight is 427 g/mol. The third-order valence-electron chi connectivity index (χ3n) is 6.24. The van der Waals surface area contributed by atoms with Crippen LogP contribution in [0, 0.1) is 5.82 Å². The summed E-state index contributed by atoms with van der Waals surface area (Å²) in [5, 5.41) is 3.73. The minimum absolute atomic E-state index is 0.117. The summed E-state index contributed by atoms with van der Waals surface area (Å²) >= 11 is 0. The van der Waals surface area contributed by atoms with Crippen LogP contribution in [0.1, 0.15) is 33.4 Å². The van der Waals surface area contributed by atoms with Crippen LogP contribution in [-0.4, -0.2) is 28.3 Å². The van der Waals surface area contributed by atoms with Gasteiger partial charge in [0.15, 0.2) is 0 Å². The molecule has 0 saturated heterocycles. The van der Waals surface area contributed by atoms with E-state index >= 15 is 0 Å². The second-order valence-electron chi connectivity index (χ2n) is 8.11. The lowest BCUT2D eigenvalue weighted by atomic mass is 9.79. The normalized spacial score (nSPS) is 18.0. The van der Waals surface area contributed by atoms with Crippen LogP contribution in [0.3, 0.4) is 0 Å². The molecule has 0 aliphatic carbocycles. The van der Waals surface area contributed by atoms with E-state index in [1.807, 2.05) is 54.2 Å². The number of carbonyl (C=O) groups is 2. The molecule has 3 aromatic carbocycles. The summed E-state index contributed by atoms with van der Waals surface area (Å²) in [5.74, 6) is -1.72. The van der Waals surface area contributed by atoms with Gasteiger partial charge < -0.3 is 14.8 Å². The fourth-order valence-electron chi connectivity index (χ4n) is 4.73. The zero-order valence-corrected chi connectivity index (χ0v) is 17.7. The molecule has 6 heteroatoms. The summed E-state index contributed by atoms with van der Waals surface area (Å²) < 4.78 is 16.3. The SMILES string of the molecule is CN1C(=O)c2ccccc2[C@H](C(=O)Nc2ccccc2F)[C@@H]1c1cn(C)c2ccccc12. The van der Waals surface area contributed by atoms with E-state index in [9.17, 15) is 14.0 Å². The van der Waals surface area contributed by atoms with E-state index in [1.54, 1.807) is 36.2 Å². The van der Waals surface area contributed by atoms with E-state index in [4.69, 9.17) is 0 Å². The summed E-state index contributed by atoms with van der Waals surface area (Å²) in [5.41, 5.74) is 3.13. The number of halogens is 1. The predicted octanol–water partition coefficient (Wildman–Crippen LogP) is 4.87. The monoisotopic (exact) mass is 427 g/mol. The Morgan fingerprint density at radius 2 is 1.59 bits per heavy atom. The Hall–Kier alpha value is -3.93. The maximum absolute atomic E-state index is 14.3. The molecule has 0 bridgehead atoms. The van der Waals surface area contributed by atoms with E-state index in [0.29, 0.717) is 11.1 Å². The standard InChI is InChI=1S/C26H22FN3O2/c1-29-15-19(16-9-5-8-14-22(16)29)24-23(25(31)28-21-13-7-6-12-20(21)27)17-10-3-4-11-18(17)26(32)30(24)2/h3-15,23-24H,1-2H3,(H,28,31)/t23-,24-/m0/s1. The highest BCUT2D eigenvalue weighted by Crippen LogP contribution is 2.44. The molecule has 32 heavy (non-hydrogen) atoms. The van der Waals surface area contributed by atoms with Crippen LogP contribution < -0.4 is 5.32 Å². The van der Waals surface area contributed by atoms with Crippen molar-refractivity contribution in [3.05, 3.63) is 102 Å². The van der Waals surface area contributed by atoms with Gasteiger partial charge in [-0.25, -0.2) is 4.39 Å². The number of aryl methyl sites for hydroxylation is 1. The molecule has 5 rings (SSSR count). The highest BCUT2D eigenvalue weighted by Gasteiger charge is 2.43. The summed E-state index contributed by atoms with van der Waals surface area (Å²) in [6.45, 7) is 0. The number of likely N-dealkylation sites (N-methyl/N-ethyl adjacent to an activating group) is 1. The summed E-state index contributed by atoms with van der Waals surface area (Å²) in [4.78, 5) is 28.5. The van der Waals surface area contributed by atoms with Crippen LogP contribution in [0.5, 0.6) is 0 Å². The van der Waals surface area contributed by atoms with Gasteiger partial charge in [-0.05, 0) is 29.8 Å². The molecule has 2 amide bonds. The third kappa shape index (κ3) is 3.07. The fraction of sp³-hybridized carbons (Fsp3) is 0.154. The first kappa shape index (κ1) is 20.0. The number of rotatable bonds is 3. The Labute approximate surface area is 185 Å². The van der Waals surface area contributed by atoms with Crippen molar-refractivity contribution >= 4 is 28.4 Å². The Bertz CT molecular complexity index is 1360. The molecular weight excluding hydrogens is 405 g/mol. The van der Waals surface area contributed by atoms with Crippen molar-refractivity contribution in [2.75, 3.05) is 12.4 Å². The van der Waals surface area contributed by atoms with Gasteiger partial charge in [0, 0.05) is 42.3 Å². The van der Waals surface area contributed by atoms with Crippen molar-refractivity contribution < 1.29 is 14.0 Å². The summed E-state index contributed by atoms with van der Waals surface area (Å²) in [7, 11) is 3.66. The van der Waals surface area contributed by atoms with Gasteiger partial charge in [-0.3, -0.25) is 9.59 Å². The number of fused-ring (bicyclic) bond motifs is 2. The molecule has 0 spiro atoms. The fourth-order valence-corrected chi connectivity index (χ4v) is 4.73. The topological polar surface area (TPSA) is 54.3 Å². The van der Waals surface area contributed by atoms with Gasteiger partial charge >= 0.3 is 0 Å². The Balaban J connectivity index is 1.69. The first-order valence-electron chi connectivity index (χ1n) is 10.4. The maximum Gasteiger partial charge on any atom is 0.254 e. The third-order valence-corrected chi connectivity index (χ3v) is 6.24. The highest BCUT2D eigenvalue weighted by molar-refractivity contribution is 6.05. The number of carbonyl (C=O) groups excluding carboxylic acids is 2. The molecule has 5 nitrogen and oxygen atoms in total. The van der Waals surface area contributed by atoms with Crippen LogP contribution in [-0.2, 0) is 11.8 Å². The average Bonchev–Trinajstić information content (AvgIpc) is 3.14. The van der Waals surface area contributed by atoms with E-state index in [0.717, 1.165) is 16.5 Å². The number of amides is 2. The molecule has 0 radical (unpaired) electrons. The van der Waals surface area contributed by atoms with Crippen LogP contribution in [0.4, 0.5) is 10.1 Å². The molecule has 4 aromatic rings. The van der Waals surface area contributed by atoms with Crippen LogP contribution >= 0.6 is 0 Å². The van der Waals surface area contributed by atoms with Crippen molar-refractivity contribution in [1.82, 2.24) is 9.47 Å². The Morgan fingerprint density at radius 3 is 2.41 bits per heavy atom. The minimum atomic E-state index is -0.709. The van der Waals surface area contributed by atoms with Crippen molar-refractivity contribution in [2.45, 2.75) is 12.0 Å². The van der Waals surface area contributed by atoms with Crippen molar-refractivity contribution in [1.29, 1.82) is 0 Å². The van der Waals surface area contributed by atoms with E-state index in [-0.39, 0.29) is 17.5 Å². The van der Waals surface area contributed by atoms with E-state index < -0.39 is 17.8 Å². The van der Waals surface area contributed by atoms with Crippen molar-refractivity contribution in [2.24, 2.45) is 7.05 Å². The number of benzene rings is 3. The summed E-state index contributed by atoms with van der Waals surface area (Å²) in [6, 6.07) is 20.6. The van der Waals surface area contributed by atoms with Crippen LogP contribution in [0.2, 0.25) is 0 Å². The number of nitrogens with zero attached hydrogens (tertiary/aromatic N) is 2.